The van der Waals surface area contributed by atoms with Crippen molar-refractivity contribution in [2.24, 2.45) is 0 Å². The second-order valence-electron chi connectivity index (χ2n) is 5.40. The van der Waals surface area contributed by atoms with Crippen LogP contribution in [-0.2, 0) is 6.42 Å². The molecule has 2 atom stereocenters. The van der Waals surface area contributed by atoms with Gasteiger partial charge in [-0.05, 0) is 55.7 Å². The molecule has 3 heteroatoms. The normalized spacial score (nSPS) is 13.7. The molecule has 0 bridgehead atoms. The molecule has 0 aliphatic rings. The van der Waals surface area contributed by atoms with E-state index in [1.807, 2.05) is 30.3 Å². The van der Waals surface area contributed by atoms with Gasteiger partial charge in [0.25, 0.3) is 0 Å². The van der Waals surface area contributed by atoms with Crippen LogP contribution in [0.2, 0.25) is 5.02 Å². The lowest BCUT2D eigenvalue weighted by atomic mass is 10.0. The number of halogens is 1. The van der Waals surface area contributed by atoms with Crippen LogP contribution in [-0.4, -0.2) is 13.2 Å². The van der Waals surface area contributed by atoms with Crippen LogP contribution < -0.4 is 10.1 Å². The summed E-state index contributed by atoms with van der Waals surface area (Å²) in [6.45, 7) is 4.36. The lowest BCUT2D eigenvalue weighted by Crippen LogP contribution is -2.30. The topological polar surface area (TPSA) is 21.3 Å². The van der Waals surface area contributed by atoms with Gasteiger partial charge in [0.2, 0.25) is 0 Å². The molecule has 0 aromatic heterocycles. The van der Waals surface area contributed by atoms with E-state index in [1.165, 1.54) is 11.1 Å². The van der Waals surface area contributed by atoms with Crippen LogP contribution in [0.3, 0.4) is 0 Å². The second kappa shape index (κ2) is 7.48. The van der Waals surface area contributed by atoms with E-state index < -0.39 is 0 Å². The Hall–Kier alpha value is -1.51. The summed E-state index contributed by atoms with van der Waals surface area (Å²) in [6.07, 6.45) is 0.981. The molecule has 0 saturated heterocycles. The molecular weight excluding hydrogens is 282 g/mol. The predicted molar refractivity (Wildman–Crippen MR) is 89.2 cm³/mol. The van der Waals surface area contributed by atoms with Gasteiger partial charge < -0.3 is 10.1 Å². The van der Waals surface area contributed by atoms with Crippen molar-refractivity contribution >= 4 is 11.6 Å². The predicted octanol–water partition coefficient (Wildman–Crippen LogP) is 4.63. The molecule has 112 valence electrons. The van der Waals surface area contributed by atoms with Gasteiger partial charge in [0, 0.05) is 17.1 Å². The Morgan fingerprint density at radius 1 is 1.10 bits per heavy atom. The van der Waals surface area contributed by atoms with Crippen molar-refractivity contribution in [3.63, 3.8) is 0 Å². The highest BCUT2D eigenvalue weighted by Crippen LogP contribution is 2.19. The summed E-state index contributed by atoms with van der Waals surface area (Å²) in [4.78, 5) is 0. The molecule has 0 radical (unpaired) electrons. The summed E-state index contributed by atoms with van der Waals surface area (Å²) in [6, 6.07) is 16.9. The van der Waals surface area contributed by atoms with E-state index in [1.54, 1.807) is 7.11 Å². The molecule has 2 aromatic carbocycles. The minimum atomic E-state index is 0.275. The third kappa shape index (κ3) is 4.76. The Bertz CT molecular complexity index is 568. The van der Waals surface area contributed by atoms with Crippen LogP contribution in [0.1, 0.15) is 31.0 Å². The van der Waals surface area contributed by atoms with E-state index in [0.717, 1.165) is 17.2 Å². The molecule has 0 aliphatic carbocycles. The fourth-order valence-corrected chi connectivity index (χ4v) is 2.67. The highest BCUT2D eigenvalue weighted by molar-refractivity contribution is 6.30. The van der Waals surface area contributed by atoms with E-state index >= 15 is 0 Å². The van der Waals surface area contributed by atoms with Crippen molar-refractivity contribution in [2.75, 3.05) is 7.11 Å². The minimum absolute atomic E-state index is 0.275. The molecule has 1 N–H and O–H groups in total. The molecule has 2 rings (SSSR count). The van der Waals surface area contributed by atoms with Crippen LogP contribution >= 0.6 is 11.6 Å². The summed E-state index contributed by atoms with van der Waals surface area (Å²) in [7, 11) is 1.69. The van der Waals surface area contributed by atoms with Gasteiger partial charge >= 0.3 is 0 Å². The average Bonchev–Trinajstić information content (AvgIpc) is 2.48. The number of benzene rings is 2. The molecule has 0 aliphatic heterocycles. The number of nitrogens with one attached hydrogen (secondary N) is 1. The summed E-state index contributed by atoms with van der Waals surface area (Å²) in [5.41, 5.74) is 2.51. The molecule has 2 aromatic rings. The van der Waals surface area contributed by atoms with Crippen LogP contribution in [0, 0.1) is 0 Å². The van der Waals surface area contributed by atoms with Crippen molar-refractivity contribution in [3.8, 4) is 5.75 Å². The lowest BCUT2D eigenvalue weighted by molar-refractivity contribution is 0.414. The Labute approximate surface area is 132 Å². The SMILES string of the molecule is COc1ccc(CC(C)NC(C)c2cccc(Cl)c2)cc1. The van der Waals surface area contributed by atoms with Crippen LogP contribution in [0.15, 0.2) is 48.5 Å². The average molecular weight is 304 g/mol. The fourth-order valence-electron chi connectivity index (χ4n) is 2.47. The zero-order valence-corrected chi connectivity index (χ0v) is 13.5. The summed E-state index contributed by atoms with van der Waals surface area (Å²) in [5.74, 6) is 0.895. The van der Waals surface area contributed by atoms with Gasteiger partial charge in [0.05, 0.1) is 7.11 Å². The maximum atomic E-state index is 6.04. The van der Waals surface area contributed by atoms with Crippen molar-refractivity contribution in [3.05, 3.63) is 64.7 Å². The lowest BCUT2D eigenvalue weighted by Gasteiger charge is -2.21. The standard InChI is InChI=1S/C18H22ClNO/c1-13(11-15-7-9-18(21-3)10-8-15)20-14(2)16-5-4-6-17(19)12-16/h4-10,12-14,20H,11H2,1-3H3. The number of hydrogen-bond acceptors (Lipinski definition) is 2. The first-order valence-electron chi connectivity index (χ1n) is 7.23. The molecule has 21 heavy (non-hydrogen) atoms. The zero-order valence-electron chi connectivity index (χ0n) is 12.8. The largest absolute Gasteiger partial charge is 0.497 e. The van der Waals surface area contributed by atoms with Crippen LogP contribution in [0.5, 0.6) is 5.75 Å². The first-order chi connectivity index (χ1) is 10.1. The molecule has 0 amide bonds. The van der Waals surface area contributed by atoms with Crippen LogP contribution in [0.25, 0.3) is 0 Å². The van der Waals surface area contributed by atoms with Gasteiger partial charge in [-0.25, -0.2) is 0 Å². The van der Waals surface area contributed by atoms with Gasteiger partial charge in [-0.2, -0.15) is 0 Å². The van der Waals surface area contributed by atoms with Gasteiger partial charge in [-0.1, -0.05) is 35.9 Å². The van der Waals surface area contributed by atoms with E-state index in [2.05, 4.69) is 37.4 Å². The molecule has 0 spiro atoms. The molecule has 0 fully saturated rings. The summed E-state index contributed by atoms with van der Waals surface area (Å²) >= 11 is 6.04. The van der Waals surface area contributed by atoms with E-state index in [0.29, 0.717) is 6.04 Å². The summed E-state index contributed by atoms with van der Waals surface area (Å²) in [5, 5.41) is 4.39. The number of methoxy groups -OCH3 is 1. The molecular formula is C18H22ClNO. The van der Waals surface area contributed by atoms with E-state index in [4.69, 9.17) is 16.3 Å². The van der Waals surface area contributed by atoms with Crippen molar-refractivity contribution in [1.82, 2.24) is 5.32 Å². The molecule has 0 saturated carbocycles. The Morgan fingerprint density at radius 3 is 2.43 bits per heavy atom. The molecule has 2 nitrogen and oxygen atoms in total. The highest BCUT2D eigenvalue weighted by Gasteiger charge is 2.10. The first kappa shape index (κ1) is 15.9. The highest BCUT2D eigenvalue weighted by atomic mass is 35.5. The van der Waals surface area contributed by atoms with Gasteiger partial charge in [0.15, 0.2) is 0 Å². The third-order valence-electron chi connectivity index (χ3n) is 3.58. The zero-order chi connectivity index (χ0) is 15.2. The van der Waals surface area contributed by atoms with Crippen molar-refractivity contribution < 1.29 is 4.74 Å². The summed E-state index contributed by atoms with van der Waals surface area (Å²) < 4.78 is 5.18. The maximum Gasteiger partial charge on any atom is 0.118 e. The van der Waals surface area contributed by atoms with Gasteiger partial charge in [-0.15, -0.1) is 0 Å². The quantitative estimate of drug-likeness (QED) is 0.840. The minimum Gasteiger partial charge on any atom is -0.497 e. The van der Waals surface area contributed by atoms with E-state index in [-0.39, 0.29) is 6.04 Å². The maximum absolute atomic E-state index is 6.04. The Balaban J connectivity index is 1.92. The third-order valence-corrected chi connectivity index (χ3v) is 3.82. The number of hydrogen-bond donors (Lipinski definition) is 1. The van der Waals surface area contributed by atoms with E-state index in [9.17, 15) is 0 Å². The second-order valence-corrected chi connectivity index (χ2v) is 5.83. The van der Waals surface area contributed by atoms with Gasteiger partial charge in [0.1, 0.15) is 5.75 Å². The van der Waals surface area contributed by atoms with Crippen molar-refractivity contribution in [2.45, 2.75) is 32.4 Å². The number of ether oxygens (including phenoxy) is 1. The van der Waals surface area contributed by atoms with Crippen LogP contribution in [0.4, 0.5) is 0 Å². The van der Waals surface area contributed by atoms with Crippen molar-refractivity contribution in [1.29, 1.82) is 0 Å². The number of rotatable bonds is 6. The Morgan fingerprint density at radius 2 is 1.81 bits per heavy atom. The fraction of sp³-hybridized carbons (Fsp3) is 0.333. The Kier molecular flexibility index (Phi) is 5.66. The molecule has 0 heterocycles. The monoisotopic (exact) mass is 303 g/mol. The smallest absolute Gasteiger partial charge is 0.118 e. The first-order valence-corrected chi connectivity index (χ1v) is 7.60. The molecule has 2 unspecified atom stereocenters. The van der Waals surface area contributed by atoms with Gasteiger partial charge in [-0.3, -0.25) is 0 Å².